The minimum absolute atomic E-state index is 0.0289. The predicted octanol–water partition coefficient (Wildman–Crippen LogP) is 4.92. The van der Waals surface area contributed by atoms with Crippen LogP contribution in [0.3, 0.4) is 0 Å². The molecule has 184 valence electrons. The molecule has 0 radical (unpaired) electrons. The van der Waals surface area contributed by atoms with Crippen LogP contribution >= 0.6 is 0 Å². The summed E-state index contributed by atoms with van der Waals surface area (Å²) in [6.07, 6.45) is 3.64. The summed E-state index contributed by atoms with van der Waals surface area (Å²) in [5.41, 5.74) is 0.773. The molecule has 1 heterocycles. The van der Waals surface area contributed by atoms with E-state index < -0.39 is 16.9 Å². The fraction of sp³-hybridized carbons (Fsp3) is 0.520. The summed E-state index contributed by atoms with van der Waals surface area (Å²) >= 11 is -2.25. The van der Waals surface area contributed by atoms with Crippen molar-refractivity contribution >= 4 is 45.4 Å². The predicted molar refractivity (Wildman–Crippen MR) is 134 cm³/mol. The molecule has 0 aromatic heterocycles. The molecule has 1 saturated carbocycles. The van der Waals surface area contributed by atoms with Crippen molar-refractivity contribution < 1.29 is 23.1 Å². The first-order chi connectivity index (χ1) is 16.1. The standard InChI is InChI=1S/C25H33N3O5S/c1-25(2,3)33-24(30)27-15-13-18(14-16-27)28(34(31)32)22-12-11-21(19-9-4-5-10-20(19)22)26-23(29)17-7-6-8-17/h4-5,9-12,17-18H,6-8,13-16H2,1-3H3,(H,26,29)(H,31,32). The van der Waals surface area contributed by atoms with Crippen LogP contribution in [-0.2, 0) is 20.8 Å². The fourth-order valence-electron chi connectivity index (χ4n) is 4.51. The first-order valence-corrected chi connectivity index (χ1v) is 12.9. The van der Waals surface area contributed by atoms with E-state index in [0.29, 0.717) is 37.3 Å². The summed E-state index contributed by atoms with van der Waals surface area (Å²) < 4.78 is 29.7. The fourth-order valence-corrected chi connectivity index (χ4v) is 5.30. The van der Waals surface area contributed by atoms with Gasteiger partial charge in [-0.2, -0.15) is 0 Å². The van der Waals surface area contributed by atoms with Gasteiger partial charge in [-0.1, -0.05) is 30.7 Å². The molecule has 2 aromatic carbocycles. The number of ether oxygens (including phenoxy) is 1. The Labute approximate surface area is 203 Å². The number of fused-ring (bicyclic) bond motifs is 1. The second kappa shape index (κ2) is 9.92. The normalized spacial score (nSPS) is 18.3. The number of likely N-dealkylation sites (tertiary alicyclic amines) is 1. The highest BCUT2D eigenvalue weighted by Crippen LogP contribution is 2.36. The summed E-state index contributed by atoms with van der Waals surface area (Å²) in [5, 5.41) is 4.67. The van der Waals surface area contributed by atoms with Gasteiger partial charge >= 0.3 is 6.09 Å². The van der Waals surface area contributed by atoms with Gasteiger partial charge in [-0.25, -0.2) is 9.00 Å². The number of amides is 2. The maximum atomic E-state index is 12.5. The van der Waals surface area contributed by atoms with Crippen molar-refractivity contribution in [2.45, 2.75) is 64.5 Å². The smallest absolute Gasteiger partial charge is 0.410 e. The first kappa shape index (κ1) is 24.5. The lowest BCUT2D eigenvalue weighted by atomic mass is 9.85. The van der Waals surface area contributed by atoms with Crippen LogP contribution in [0.2, 0.25) is 0 Å². The molecule has 2 fully saturated rings. The molecular weight excluding hydrogens is 454 g/mol. The number of carbonyl (C=O) groups is 2. The summed E-state index contributed by atoms with van der Waals surface area (Å²) in [6, 6.07) is 11.0. The van der Waals surface area contributed by atoms with Gasteiger partial charge in [0.05, 0.1) is 5.69 Å². The van der Waals surface area contributed by atoms with Crippen molar-refractivity contribution in [2.75, 3.05) is 22.7 Å². The molecule has 1 aliphatic carbocycles. The third-order valence-electron chi connectivity index (χ3n) is 6.49. The van der Waals surface area contributed by atoms with Crippen LogP contribution in [0, 0.1) is 5.92 Å². The van der Waals surface area contributed by atoms with Crippen LogP contribution in [0.25, 0.3) is 10.8 Å². The van der Waals surface area contributed by atoms with Gasteiger partial charge in [-0.15, -0.1) is 0 Å². The van der Waals surface area contributed by atoms with Gasteiger partial charge in [0.2, 0.25) is 5.91 Å². The number of nitrogens with one attached hydrogen (secondary N) is 1. The summed E-state index contributed by atoms with van der Waals surface area (Å²) in [4.78, 5) is 26.6. The van der Waals surface area contributed by atoms with Crippen molar-refractivity contribution in [3.63, 3.8) is 0 Å². The Hall–Kier alpha value is -2.65. The van der Waals surface area contributed by atoms with Gasteiger partial charge in [0, 0.05) is 41.5 Å². The minimum atomic E-state index is -2.25. The summed E-state index contributed by atoms with van der Waals surface area (Å²) in [5.74, 6) is 0.0938. The maximum absolute atomic E-state index is 12.5. The van der Waals surface area contributed by atoms with Crippen molar-refractivity contribution in [1.29, 1.82) is 0 Å². The molecule has 2 N–H and O–H groups in total. The number of nitrogens with zero attached hydrogens (tertiary/aromatic N) is 2. The maximum Gasteiger partial charge on any atom is 0.410 e. The molecule has 1 aliphatic heterocycles. The number of anilines is 2. The SMILES string of the molecule is CC(C)(C)OC(=O)N1CCC(N(c2ccc(NC(=O)C3CCC3)c3ccccc23)S(=O)O)CC1. The minimum Gasteiger partial charge on any atom is -0.444 e. The third kappa shape index (κ3) is 5.36. The molecule has 1 saturated heterocycles. The highest BCUT2D eigenvalue weighted by Gasteiger charge is 2.33. The lowest BCUT2D eigenvalue weighted by Gasteiger charge is -2.38. The van der Waals surface area contributed by atoms with Crippen molar-refractivity contribution in [3.8, 4) is 0 Å². The van der Waals surface area contributed by atoms with Crippen LogP contribution in [0.1, 0.15) is 52.9 Å². The van der Waals surface area contributed by atoms with E-state index in [2.05, 4.69) is 5.32 Å². The largest absolute Gasteiger partial charge is 0.444 e. The zero-order valence-corrected chi connectivity index (χ0v) is 20.8. The van der Waals surface area contributed by atoms with Crippen molar-refractivity contribution in [2.24, 2.45) is 5.92 Å². The van der Waals surface area contributed by atoms with Gasteiger partial charge < -0.3 is 15.0 Å². The van der Waals surface area contributed by atoms with E-state index in [4.69, 9.17) is 4.74 Å². The topological polar surface area (TPSA) is 99.2 Å². The highest BCUT2D eigenvalue weighted by atomic mass is 32.2. The third-order valence-corrected chi connectivity index (χ3v) is 7.32. The Morgan fingerprint density at radius 3 is 2.26 bits per heavy atom. The van der Waals surface area contributed by atoms with E-state index in [0.717, 1.165) is 30.0 Å². The second-order valence-electron chi connectivity index (χ2n) is 10.0. The number of hydrogen-bond acceptors (Lipinski definition) is 4. The van der Waals surface area contributed by atoms with Crippen molar-refractivity contribution in [1.82, 2.24) is 4.90 Å². The van der Waals surface area contributed by atoms with E-state index in [-0.39, 0.29) is 24.0 Å². The highest BCUT2D eigenvalue weighted by molar-refractivity contribution is 7.80. The van der Waals surface area contributed by atoms with Crippen LogP contribution < -0.4 is 9.62 Å². The number of carbonyl (C=O) groups excluding carboxylic acids is 2. The summed E-state index contributed by atoms with van der Waals surface area (Å²) in [7, 11) is 0. The Balaban J connectivity index is 1.56. The van der Waals surface area contributed by atoms with Crippen LogP contribution in [0.4, 0.5) is 16.2 Å². The Kier molecular flexibility index (Phi) is 7.14. The van der Waals surface area contributed by atoms with Gasteiger partial charge in [0.1, 0.15) is 5.60 Å². The van der Waals surface area contributed by atoms with Crippen LogP contribution in [0.5, 0.6) is 0 Å². The van der Waals surface area contributed by atoms with E-state index in [9.17, 15) is 18.4 Å². The molecule has 2 aliphatic rings. The van der Waals surface area contributed by atoms with Gasteiger partial charge in [-0.05, 0) is 58.6 Å². The number of benzene rings is 2. The molecule has 1 atom stereocenters. The Morgan fingerprint density at radius 2 is 1.71 bits per heavy atom. The van der Waals surface area contributed by atoms with Gasteiger partial charge in [0.15, 0.2) is 0 Å². The molecule has 8 nitrogen and oxygen atoms in total. The molecule has 2 amide bonds. The number of hydrogen-bond donors (Lipinski definition) is 2. The summed E-state index contributed by atoms with van der Waals surface area (Å²) in [6.45, 7) is 6.38. The Morgan fingerprint density at radius 1 is 1.06 bits per heavy atom. The first-order valence-electron chi connectivity index (χ1n) is 11.8. The molecule has 4 rings (SSSR count). The Bertz CT molecular complexity index is 1090. The molecule has 34 heavy (non-hydrogen) atoms. The van der Waals surface area contributed by atoms with Crippen molar-refractivity contribution in [3.05, 3.63) is 36.4 Å². The van der Waals surface area contributed by atoms with E-state index in [1.807, 2.05) is 51.1 Å². The second-order valence-corrected chi connectivity index (χ2v) is 10.9. The number of piperidine rings is 1. The molecule has 9 heteroatoms. The lowest BCUT2D eigenvalue weighted by molar-refractivity contribution is -0.122. The molecule has 0 spiro atoms. The van der Waals surface area contributed by atoms with Gasteiger partial charge in [0.25, 0.3) is 11.3 Å². The molecule has 1 unspecified atom stereocenters. The molecular formula is C25H33N3O5S. The van der Waals surface area contributed by atoms with E-state index in [1.165, 1.54) is 4.31 Å². The average Bonchev–Trinajstić information content (AvgIpc) is 2.73. The van der Waals surface area contributed by atoms with Crippen LogP contribution in [0.15, 0.2) is 36.4 Å². The quantitative estimate of drug-likeness (QED) is 0.583. The van der Waals surface area contributed by atoms with Gasteiger partial charge in [-0.3, -0.25) is 13.7 Å². The zero-order chi connectivity index (χ0) is 24.5. The average molecular weight is 488 g/mol. The molecule has 2 aromatic rings. The zero-order valence-electron chi connectivity index (χ0n) is 20.0. The lowest BCUT2D eigenvalue weighted by Crippen LogP contribution is -2.48. The molecule has 0 bridgehead atoms. The van der Waals surface area contributed by atoms with E-state index >= 15 is 0 Å². The van der Waals surface area contributed by atoms with E-state index in [1.54, 1.807) is 11.0 Å². The monoisotopic (exact) mass is 487 g/mol. The number of rotatable bonds is 5. The van der Waals surface area contributed by atoms with Crippen LogP contribution in [-0.4, -0.2) is 50.4 Å².